The number of thioether (sulfide) groups is 1. The standard InChI is InChI=1S/C19H19ClN2O4S/c20-14-6-7-17(22(24)25)16(12-14)18(23)21-13-19(8-10-26-11-9-19)27-15-4-2-1-3-5-15/h1-7,12H,8-11,13H2,(H,21,23). The van der Waals surface area contributed by atoms with E-state index in [4.69, 9.17) is 16.3 Å². The molecular formula is C19H19ClN2O4S. The van der Waals surface area contributed by atoms with Crippen LogP contribution in [-0.2, 0) is 4.74 Å². The minimum atomic E-state index is -0.575. The van der Waals surface area contributed by atoms with E-state index in [0.717, 1.165) is 17.7 Å². The Morgan fingerprint density at radius 1 is 1.22 bits per heavy atom. The lowest BCUT2D eigenvalue weighted by Crippen LogP contribution is -2.44. The van der Waals surface area contributed by atoms with Gasteiger partial charge in [0.2, 0.25) is 0 Å². The first-order chi connectivity index (χ1) is 13.0. The van der Waals surface area contributed by atoms with Gasteiger partial charge in [0.05, 0.1) is 4.92 Å². The van der Waals surface area contributed by atoms with Crippen LogP contribution in [0.5, 0.6) is 0 Å². The molecule has 2 aromatic carbocycles. The lowest BCUT2D eigenvalue weighted by Gasteiger charge is -2.36. The number of carbonyl (C=O) groups excluding carboxylic acids is 1. The van der Waals surface area contributed by atoms with Crippen molar-refractivity contribution in [3.05, 3.63) is 69.2 Å². The minimum absolute atomic E-state index is 0.0283. The van der Waals surface area contributed by atoms with Crippen molar-refractivity contribution in [2.45, 2.75) is 22.5 Å². The number of amides is 1. The number of nitrogens with one attached hydrogen (secondary N) is 1. The molecule has 0 bridgehead atoms. The fourth-order valence-corrected chi connectivity index (χ4v) is 4.46. The van der Waals surface area contributed by atoms with Crippen LogP contribution in [0.3, 0.4) is 0 Å². The molecule has 3 rings (SSSR count). The van der Waals surface area contributed by atoms with E-state index in [1.54, 1.807) is 11.8 Å². The molecule has 0 unspecified atom stereocenters. The topological polar surface area (TPSA) is 81.5 Å². The zero-order valence-electron chi connectivity index (χ0n) is 14.5. The van der Waals surface area contributed by atoms with Crippen molar-refractivity contribution in [1.29, 1.82) is 0 Å². The van der Waals surface area contributed by atoms with E-state index >= 15 is 0 Å². The van der Waals surface area contributed by atoms with Crippen molar-refractivity contribution in [1.82, 2.24) is 5.32 Å². The van der Waals surface area contributed by atoms with E-state index in [1.807, 2.05) is 30.3 Å². The van der Waals surface area contributed by atoms with Gasteiger partial charge in [-0.25, -0.2) is 0 Å². The van der Waals surface area contributed by atoms with Crippen molar-refractivity contribution in [2.75, 3.05) is 19.8 Å². The van der Waals surface area contributed by atoms with Crippen molar-refractivity contribution in [3.63, 3.8) is 0 Å². The van der Waals surface area contributed by atoms with Crippen molar-refractivity contribution < 1.29 is 14.5 Å². The highest BCUT2D eigenvalue weighted by atomic mass is 35.5. The Balaban J connectivity index is 1.77. The third-order valence-corrected chi connectivity index (χ3v) is 6.18. The number of benzene rings is 2. The van der Waals surface area contributed by atoms with Crippen LogP contribution in [0.4, 0.5) is 5.69 Å². The number of nitrogens with zero attached hydrogens (tertiary/aromatic N) is 1. The summed E-state index contributed by atoms with van der Waals surface area (Å²) in [5.41, 5.74) is -0.284. The van der Waals surface area contributed by atoms with Crippen molar-refractivity contribution >= 4 is 35.0 Å². The van der Waals surface area contributed by atoms with Gasteiger partial charge in [0.15, 0.2) is 0 Å². The van der Waals surface area contributed by atoms with Gasteiger partial charge in [-0.2, -0.15) is 0 Å². The summed E-state index contributed by atoms with van der Waals surface area (Å²) in [6, 6.07) is 14.0. The SMILES string of the molecule is O=C(NCC1(Sc2ccccc2)CCOCC1)c1cc(Cl)ccc1[N+](=O)[O-]. The van der Waals surface area contributed by atoms with Crippen LogP contribution in [-0.4, -0.2) is 35.3 Å². The average molecular weight is 407 g/mol. The fourth-order valence-electron chi connectivity index (χ4n) is 2.98. The molecule has 27 heavy (non-hydrogen) atoms. The van der Waals surface area contributed by atoms with Crippen LogP contribution < -0.4 is 5.32 Å². The molecule has 1 N–H and O–H groups in total. The van der Waals surface area contributed by atoms with Crippen LogP contribution >= 0.6 is 23.4 Å². The summed E-state index contributed by atoms with van der Waals surface area (Å²) in [4.78, 5) is 24.4. The molecule has 0 aliphatic carbocycles. The molecule has 0 saturated carbocycles. The quantitative estimate of drug-likeness (QED) is 0.570. The van der Waals surface area contributed by atoms with Crippen LogP contribution in [0.1, 0.15) is 23.2 Å². The molecule has 0 spiro atoms. The first-order valence-electron chi connectivity index (χ1n) is 8.53. The first kappa shape index (κ1) is 19.7. The van der Waals surface area contributed by atoms with E-state index in [0.29, 0.717) is 19.8 Å². The van der Waals surface area contributed by atoms with E-state index < -0.39 is 10.8 Å². The Morgan fingerprint density at radius 3 is 2.59 bits per heavy atom. The number of nitro benzene ring substituents is 1. The van der Waals surface area contributed by atoms with Crippen molar-refractivity contribution in [2.24, 2.45) is 0 Å². The number of ether oxygens (including phenoxy) is 1. The molecule has 0 atom stereocenters. The summed E-state index contributed by atoms with van der Waals surface area (Å²) >= 11 is 7.63. The Hall–Kier alpha value is -2.09. The molecule has 6 nitrogen and oxygen atoms in total. The molecule has 142 valence electrons. The highest BCUT2D eigenvalue weighted by Gasteiger charge is 2.35. The Morgan fingerprint density at radius 2 is 1.93 bits per heavy atom. The normalized spacial score (nSPS) is 15.9. The Labute approximate surface area is 166 Å². The van der Waals surface area contributed by atoms with Gasteiger partial charge in [0.1, 0.15) is 5.56 Å². The molecule has 1 aliphatic heterocycles. The monoisotopic (exact) mass is 406 g/mol. The lowest BCUT2D eigenvalue weighted by molar-refractivity contribution is -0.385. The summed E-state index contributed by atoms with van der Waals surface area (Å²) in [5, 5.41) is 14.4. The number of halogens is 1. The molecule has 0 radical (unpaired) electrons. The Kier molecular flexibility index (Phi) is 6.36. The second kappa shape index (κ2) is 8.73. The highest BCUT2D eigenvalue weighted by Crippen LogP contribution is 2.40. The average Bonchev–Trinajstić information content (AvgIpc) is 2.67. The van der Waals surface area contributed by atoms with Gasteiger partial charge < -0.3 is 10.1 Å². The number of nitro groups is 1. The van der Waals surface area contributed by atoms with Gasteiger partial charge in [-0.05, 0) is 37.1 Å². The predicted octanol–water partition coefficient (Wildman–Crippen LogP) is 4.32. The lowest BCUT2D eigenvalue weighted by atomic mass is 9.98. The largest absolute Gasteiger partial charge is 0.381 e. The Bertz CT molecular complexity index is 826. The summed E-state index contributed by atoms with van der Waals surface area (Å²) in [5.74, 6) is -0.497. The number of carbonyl (C=O) groups is 1. The third kappa shape index (κ3) is 5.00. The molecule has 1 fully saturated rings. The van der Waals surface area contributed by atoms with Crippen LogP contribution in [0.15, 0.2) is 53.4 Å². The number of hydrogen-bond acceptors (Lipinski definition) is 5. The van der Waals surface area contributed by atoms with Gasteiger partial charge in [0.25, 0.3) is 11.6 Å². The fraction of sp³-hybridized carbons (Fsp3) is 0.316. The highest BCUT2D eigenvalue weighted by molar-refractivity contribution is 8.00. The van der Waals surface area contributed by atoms with Gasteiger partial charge in [-0.15, -0.1) is 11.8 Å². The van der Waals surface area contributed by atoms with Crippen molar-refractivity contribution in [3.8, 4) is 0 Å². The second-order valence-electron chi connectivity index (χ2n) is 6.31. The van der Waals surface area contributed by atoms with Crippen LogP contribution in [0.2, 0.25) is 5.02 Å². The molecule has 1 heterocycles. The maximum Gasteiger partial charge on any atom is 0.282 e. The summed E-state index contributed by atoms with van der Waals surface area (Å²) in [7, 11) is 0. The zero-order valence-corrected chi connectivity index (χ0v) is 16.1. The summed E-state index contributed by atoms with van der Waals surface area (Å²) < 4.78 is 5.27. The minimum Gasteiger partial charge on any atom is -0.381 e. The summed E-state index contributed by atoms with van der Waals surface area (Å²) in [6.45, 7) is 1.62. The van der Waals surface area contributed by atoms with Gasteiger partial charge in [-0.3, -0.25) is 14.9 Å². The molecule has 8 heteroatoms. The van der Waals surface area contributed by atoms with Gasteiger partial charge in [0, 0.05) is 40.5 Å². The van der Waals surface area contributed by atoms with Gasteiger partial charge in [-0.1, -0.05) is 29.8 Å². The van der Waals surface area contributed by atoms with E-state index in [1.165, 1.54) is 18.2 Å². The molecule has 1 saturated heterocycles. The zero-order chi connectivity index (χ0) is 19.3. The van der Waals surface area contributed by atoms with E-state index in [2.05, 4.69) is 5.32 Å². The second-order valence-corrected chi connectivity index (χ2v) is 8.29. The predicted molar refractivity (Wildman–Crippen MR) is 106 cm³/mol. The third-order valence-electron chi connectivity index (χ3n) is 4.45. The number of hydrogen-bond donors (Lipinski definition) is 1. The maximum atomic E-state index is 12.6. The van der Waals surface area contributed by atoms with E-state index in [-0.39, 0.29) is 21.0 Å². The summed E-state index contributed by atoms with van der Waals surface area (Å²) in [6.07, 6.45) is 1.56. The smallest absolute Gasteiger partial charge is 0.282 e. The maximum absolute atomic E-state index is 12.6. The van der Waals surface area contributed by atoms with E-state index in [9.17, 15) is 14.9 Å². The number of rotatable bonds is 6. The molecule has 1 amide bonds. The molecule has 2 aromatic rings. The van der Waals surface area contributed by atoms with Crippen LogP contribution in [0, 0.1) is 10.1 Å². The molecule has 1 aliphatic rings. The first-order valence-corrected chi connectivity index (χ1v) is 9.72. The molecule has 0 aromatic heterocycles. The van der Waals surface area contributed by atoms with Crippen LogP contribution in [0.25, 0.3) is 0 Å². The molecular weight excluding hydrogens is 388 g/mol. The van der Waals surface area contributed by atoms with Gasteiger partial charge >= 0.3 is 0 Å².